The molecule has 0 saturated carbocycles. The number of nitrogens with one attached hydrogen (secondary N) is 1. The maximum atomic E-state index is 14.2. The van der Waals surface area contributed by atoms with Gasteiger partial charge in [0.05, 0.1) is 17.7 Å². The predicted molar refractivity (Wildman–Crippen MR) is 162 cm³/mol. The molecule has 0 bridgehead atoms. The van der Waals surface area contributed by atoms with E-state index in [1.807, 2.05) is 65.8 Å². The molecule has 2 amide bonds. The Balaban J connectivity index is 2.10. The Morgan fingerprint density at radius 2 is 1.46 bits per heavy atom. The van der Waals surface area contributed by atoms with Crippen LogP contribution in [0.5, 0.6) is 5.75 Å². The van der Waals surface area contributed by atoms with Gasteiger partial charge in [-0.15, -0.1) is 0 Å². The van der Waals surface area contributed by atoms with Gasteiger partial charge in [0.2, 0.25) is 11.8 Å². The zero-order chi connectivity index (χ0) is 30.4. The lowest BCUT2D eigenvalue weighted by atomic mass is 10.1. The van der Waals surface area contributed by atoms with Crippen molar-refractivity contribution in [2.45, 2.75) is 71.0 Å². The molecule has 8 nitrogen and oxygen atoms in total. The summed E-state index contributed by atoms with van der Waals surface area (Å²) < 4.78 is 34.7. The van der Waals surface area contributed by atoms with Crippen molar-refractivity contribution in [1.29, 1.82) is 0 Å². The molecule has 3 aromatic rings. The Bertz CT molecular complexity index is 1450. The molecule has 0 saturated heterocycles. The van der Waals surface area contributed by atoms with E-state index in [4.69, 9.17) is 4.74 Å². The van der Waals surface area contributed by atoms with Crippen LogP contribution in [0.15, 0.2) is 77.7 Å². The number of hydrogen-bond acceptors (Lipinski definition) is 5. The van der Waals surface area contributed by atoms with Crippen molar-refractivity contribution < 1.29 is 22.7 Å². The van der Waals surface area contributed by atoms with E-state index >= 15 is 0 Å². The lowest BCUT2D eigenvalue weighted by Gasteiger charge is -2.35. The lowest BCUT2D eigenvalue weighted by Crippen LogP contribution is -2.55. The quantitative estimate of drug-likeness (QED) is 0.336. The van der Waals surface area contributed by atoms with Crippen LogP contribution in [0.2, 0.25) is 0 Å². The fourth-order valence-electron chi connectivity index (χ4n) is 4.45. The molecular formula is C32H41N3O5S. The zero-order valence-corrected chi connectivity index (χ0v) is 25.8. The Hall–Kier alpha value is -3.85. The maximum absolute atomic E-state index is 14.2. The van der Waals surface area contributed by atoms with Crippen molar-refractivity contribution >= 4 is 27.5 Å². The number of benzene rings is 3. The Morgan fingerprint density at radius 1 is 0.902 bits per heavy atom. The van der Waals surface area contributed by atoms with Crippen LogP contribution in [0.3, 0.4) is 0 Å². The Labute approximate surface area is 244 Å². The van der Waals surface area contributed by atoms with Crippen LogP contribution in [-0.4, -0.2) is 50.4 Å². The Morgan fingerprint density at radius 3 is 2.00 bits per heavy atom. The summed E-state index contributed by atoms with van der Waals surface area (Å²) in [7, 11) is -2.74. The molecule has 0 aliphatic carbocycles. The van der Waals surface area contributed by atoms with Crippen molar-refractivity contribution in [3.63, 3.8) is 0 Å². The first kappa shape index (κ1) is 31.7. The molecule has 9 heteroatoms. The highest BCUT2D eigenvalue weighted by atomic mass is 32.2. The van der Waals surface area contributed by atoms with E-state index in [9.17, 15) is 18.0 Å². The molecular weight excluding hydrogens is 538 g/mol. The summed E-state index contributed by atoms with van der Waals surface area (Å²) in [6.45, 7) is 10.9. The fraction of sp³-hybridized carbons (Fsp3) is 0.375. The maximum Gasteiger partial charge on any atom is 0.264 e. The van der Waals surface area contributed by atoms with E-state index in [2.05, 4.69) is 5.32 Å². The van der Waals surface area contributed by atoms with Gasteiger partial charge in [-0.3, -0.25) is 13.9 Å². The van der Waals surface area contributed by atoms with E-state index in [1.165, 1.54) is 24.1 Å². The standard InChI is InChI=1S/C32H41N3O5S/c1-8-27(31(37)33-32(4,5)6)34(21-25-17-13-23(2)14-18-25)30(36)22-35(28-11-9-10-12-29(28)40-7)41(38,39)26-19-15-24(3)16-20-26/h9-20,27H,8,21-22H2,1-7H3,(H,33,37)/t27-/m0/s1. The van der Waals surface area contributed by atoms with Crippen LogP contribution in [0.4, 0.5) is 5.69 Å². The highest BCUT2D eigenvalue weighted by molar-refractivity contribution is 7.92. The average molecular weight is 580 g/mol. The van der Waals surface area contributed by atoms with Crippen molar-refractivity contribution in [3.05, 3.63) is 89.5 Å². The number of hydrogen-bond donors (Lipinski definition) is 1. The lowest BCUT2D eigenvalue weighted by molar-refractivity contribution is -0.141. The third-order valence-electron chi connectivity index (χ3n) is 6.60. The molecule has 1 atom stereocenters. The number of rotatable bonds is 11. The van der Waals surface area contributed by atoms with Gasteiger partial charge in [0.15, 0.2) is 0 Å². The van der Waals surface area contributed by atoms with Gasteiger partial charge in [-0.25, -0.2) is 8.42 Å². The summed E-state index contributed by atoms with van der Waals surface area (Å²) in [6, 6.07) is 20.0. The van der Waals surface area contributed by atoms with Gasteiger partial charge in [0, 0.05) is 12.1 Å². The SMILES string of the molecule is CC[C@@H](C(=O)NC(C)(C)C)N(Cc1ccc(C)cc1)C(=O)CN(c1ccccc1OC)S(=O)(=O)c1ccc(C)cc1. The summed E-state index contributed by atoms with van der Waals surface area (Å²) in [5, 5.41) is 2.98. The third-order valence-corrected chi connectivity index (χ3v) is 8.37. The summed E-state index contributed by atoms with van der Waals surface area (Å²) in [4.78, 5) is 29.1. The molecule has 3 aromatic carbocycles. The van der Waals surface area contributed by atoms with Crippen LogP contribution in [0.25, 0.3) is 0 Å². The number of para-hydroxylation sites is 2. The topological polar surface area (TPSA) is 96.0 Å². The molecule has 0 fully saturated rings. The molecule has 0 aromatic heterocycles. The van der Waals surface area contributed by atoms with E-state index in [-0.39, 0.29) is 23.0 Å². The van der Waals surface area contributed by atoms with Crippen LogP contribution < -0.4 is 14.4 Å². The van der Waals surface area contributed by atoms with E-state index in [0.29, 0.717) is 12.2 Å². The van der Waals surface area contributed by atoms with Gasteiger partial charge >= 0.3 is 0 Å². The molecule has 0 spiro atoms. The number of carbonyl (C=O) groups excluding carboxylic acids is 2. The minimum Gasteiger partial charge on any atom is -0.495 e. The predicted octanol–water partition coefficient (Wildman–Crippen LogP) is 5.23. The van der Waals surface area contributed by atoms with Crippen molar-refractivity contribution in [2.24, 2.45) is 0 Å². The summed E-state index contributed by atoms with van der Waals surface area (Å²) >= 11 is 0. The smallest absolute Gasteiger partial charge is 0.264 e. The number of methoxy groups -OCH3 is 1. The zero-order valence-electron chi connectivity index (χ0n) is 25.0. The van der Waals surface area contributed by atoms with E-state index in [0.717, 1.165) is 21.0 Å². The molecule has 0 radical (unpaired) electrons. The first-order chi connectivity index (χ1) is 19.3. The van der Waals surface area contributed by atoms with Gasteiger partial charge in [-0.05, 0) is 70.9 Å². The van der Waals surface area contributed by atoms with Crippen LogP contribution in [0, 0.1) is 13.8 Å². The molecule has 3 rings (SSSR count). The monoisotopic (exact) mass is 579 g/mol. The summed E-state index contributed by atoms with van der Waals surface area (Å²) in [5.74, 6) is -0.507. The number of sulfonamides is 1. The van der Waals surface area contributed by atoms with Crippen molar-refractivity contribution in [3.8, 4) is 5.75 Å². The van der Waals surface area contributed by atoms with Crippen LogP contribution >= 0.6 is 0 Å². The van der Waals surface area contributed by atoms with Gasteiger partial charge in [-0.1, -0.05) is 66.6 Å². The molecule has 220 valence electrons. The summed E-state index contributed by atoms with van der Waals surface area (Å²) in [5.41, 5.74) is 2.52. The van der Waals surface area contributed by atoms with Crippen molar-refractivity contribution in [1.82, 2.24) is 10.2 Å². The molecule has 0 heterocycles. The second-order valence-electron chi connectivity index (χ2n) is 11.2. The molecule has 1 N–H and O–H groups in total. The highest BCUT2D eigenvalue weighted by Gasteiger charge is 2.35. The van der Waals surface area contributed by atoms with Crippen LogP contribution in [-0.2, 0) is 26.2 Å². The Kier molecular flexibility index (Phi) is 10.2. The third kappa shape index (κ3) is 8.10. The molecule has 0 aliphatic rings. The largest absolute Gasteiger partial charge is 0.495 e. The normalized spacial score (nSPS) is 12.4. The molecule has 41 heavy (non-hydrogen) atoms. The number of carbonyl (C=O) groups is 2. The van der Waals surface area contributed by atoms with E-state index in [1.54, 1.807) is 36.4 Å². The number of amides is 2. The van der Waals surface area contributed by atoms with Gasteiger partial charge in [0.25, 0.3) is 10.0 Å². The highest BCUT2D eigenvalue weighted by Crippen LogP contribution is 2.32. The van der Waals surface area contributed by atoms with Crippen molar-refractivity contribution in [2.75, 3.05) is 18.0 Å². The van der Waals surface area contributed by atoms with Gasteiger partial charge < -0.3 is 15.0 Å². The second-order valence-corrected chi connectivity index (χ2v) is 13.0. The fourth-order valence-corrected chi connectivity index (χ4v) is 5.87. The van der Waals surface area contributed by atoms with Crippen LogP contribution in [0.1, 0.15) is 50.8 Å². The minimum absolute atomic E-state index is 0.0457. The van der Waals surface area contributed by atoms with E-state index < -0.39 is 34.1 Å². The van der Waals surface area contributed by atoms with Gasteiger partial charge in [0.1, 0.15) is 18.3 Å². The first-order valence-electron chi connectivity index (χ1n) is 13.7. The average Bonchev–Trinajstić information content (AvgIpc) is 2.91. The first-order valence-corrected chi connectivity index (χ1v) is 15.1. The minimum atomic E-state index is -4.19. The number of nitrogens with zero attached hydrogens (tertiary/aromatic N) is 2. The second kappa shape index (κ2) is 13.2. The molecule has 0 unspecified atom stereocenters. The summed E-state index contributed by atoms with van der Waals surface area (Å²) in [6.07, 6.45) is 0.346. The molecule has 0 aliphatic heterocycles. The number of aryl methyl sites for hydroxylation is 2. The van der Waals surface area contributed by atoms with Gasteiger partial charge in [-0.2, -0.15) is 0 Å². The number of ether oxygens (including phenoxy) is 1. The number of anilines is 1.